The molecule has 1 N–H and O–H groups in total. The SMILES string of the molecule is CC1NCCn2c(C3CC4CC4C3)nnc21. The van der Waals surface area contributed by atoms with Crippen LogP contribution in [0.2, 0.25) is 0 Å². The number of fused-ring (bicyclic) bond motifs is 2. The van der Waals surface area contributed by atoms with Crippen LogP contribution in [-0.2, 0) is 6.54 Å². The molecule has 0 bridgehead atoms. The van der Waals surface area contributed by atoms with Gasteiger partial charge < -0.3 is 9.88 Å². The van der Waals surface area contributed by atoms with Crippen LogP contribution in [0.3, 0.4) is 0 Å². The molecule has 4 rings (SSSR count). The molecule has 16 heavy (non-hydrogen) atoms. The largest absolute Gasteiger partial charge is 0.312 e. The highest BCUT2D eigenvalue weighted by atomic mass is 15.3. The normalized spacial score (nSPS) is 40.6. The Morgan fingerprint density at radius 1 is 1.12 bits per heavy atom. The zero-order chi connectivity index (χ0) is 10.7. The monoisotopic (exact) mass is 218 g/mol. The molecule has 3 atom stereocenters. The first-order chi connectivity index (χ1) is 7.83. The Bertz CT molecular complexity index is 415. The van der Waals surface area contributed by atoms with E-state index in [4.69, 9.17) is 0 Å². The van der Waals surface area contributed by atoms with Gasteiger partial charge in [-0.25, -0.2) is 0 Å². The fourth-order valence-electron chi connectivity index (χ4n) is 3.59. The minimum absolute atomic E-state index is 0.367. The van der Waals surface area contributed by atoms with Crippen molar-refractivity contribution in [2.75, 3.05) is 6.54 Å². The molecule has 0 spiro atoms. The molecular formula is C12H18N4. The average Bonchev–Trinajstić information content (AvgIpc) is 2.77. The van der Waals surface area contributed by atoms with Crippen LogP contribution in [0.4, 0.5) is 0 Å². The van der Waals surface area contributed by atoms with Gasteiger partial charge in [0.15, 0.2) is 0 Å². The van der Waals surface area contributed by atoms with E-state index >= 15 is 0 Å². The summed E-state index contributed by atoms with van der Waals surface area (Å²) in [5.74, 6) is 5.17. The molecule has 0 aromatic carbocycles. The average molecular weight is 218 g/mol. The molecule has 1 aliphatic heterocycles. The van der Waals surface area contributed by atoms with Gasteiger partial charge in [-0.15, -0.1) is 10.2 Å². The highest BCUT2D eigenvalue weighted by Crippen LogP contribution is 2.57. The van der Waals surface area contributed by atoms with Crippen LogP contribution in [0, 0.1) is 11.8 Å². The first-order valence-electron chi connectivity index (χ1n) is 6.49. The predicted octanol–water partition coefficient (Wildman–Crippen LogP) is 1.46. The number of nitrogens with one attached hydrogen (secondary N) is 1. The van der Waals surface area contributed by atoms with Crippen LogP contribution in [-0.4, -0.2) is 21.3 Å². The number of hydrogen-bond acceptors (Lipinski definition) is 3. The van der Waals surface area contributed by atoms with Crippen LogP contribution in [0.1, 0.15) is 49.8 Å². The summed E-state index contributed by atoms with van der Waals surface area (Å²) in [6.07, 6.45) is 4.21. The third kappa shape index (κ3) is 1.19. The van der Waals surface area contributed by atoms with E-state index in [0.29, 0.717) is 12.0 Å². The Balaban J connectivity index is 1.68. The molecule has 0 amide bonds. The Hall–Kier alpha value is -0.900. The van der Waals surface area contributed by atoms with Crippen molar-refractivity contribution in [3.05, 3.63) is 11.6 Å². The summed E-state index contributed by atoms with van der Waals surface area (Å²) < 4.78 is 2.37. The van der Waals surface area contributed by atoms with E-state index in [1.165, 1.54) is 25.1 Å². The van der Waals surface area contributed by atoms with Gasteiger partial charge in [-0.1, -0.05) is 0 Å². The van der Waals surface area contributed by atoms with Crippen molar-refractivity contribution in [1.82, 2.24) is 20.1 Å². The maximum absolute atomic E-state index is 4.46. The third-order valence-electron chi connectivity index (χ3n) is 4.59. The maximum Gasteiger partial charge on any atom is 0.149 e. The highest BCUT2D eigenvalue weighted by molar-refractivity contribution is 5.13. The van der Waals surface area contributed by atoms with Gasteiger partial charge in [0.05, 0.1) is 6.04 Å². The lowest BCUT2D eigenvalue weighted by molar-refractivity contribution is 0.418. The number of rotatable bonds is 1. The van der Waals surface area contributed by atoms with Crippen molar-refractivity contribution in [3.63, 3.8) is 0 Å². The Kier molecular flexibility index (Phi) is 1.76. The van der Waals surface area contributed by atoms with Crippen molar-refractivity contribution in [2.45, 2.75) is 44.7 Å². The van der Waals surface area contributed by atoms with Gasteiger partial charge in [0.1, 0.15) is 11.6 Å². The molecule has 2 heterocycles. The van der Waals surface area contributed by atoms with Crippen molar-refractivity contribution in [2.24, 2.45) is 11.8 Å². The Morgan fingerprint density at radius 3 is 2.69 bits per heavy atom. The van der Waals surface area contributed by atoms with Crippen LogP contribution in [0.5, 0.6) is 0 Å². The summed E-state index contributed by atoms with van der Waals surface area (Å²) in [7, 11) is 0. The topological polar surface area (TPSA) is 42.7 Å². The summed E-state index contributed by atoms with van der Waals surface area (Å²) >= 11 is 0. The lowest BCUT2D eigenvalue weighted by Crippen LogP contribution is -2.32. The second kappa shape index (κ2) is 3.06. The van der Waals surface area contributed by atoms with E-state index in [1.807, 2.05) is 0 Å². The van der Waals surface area contributed by atoms with Crippen LogP contribution in [0.15, 0.2) is 0 Å². The minimum atomic E-state index is 0.367. The summed E-state index contributed by atoms with van der Waals surface area (Å²) in [5.41, 5.74) is 0. The quantitative estimate of drug-likeness (QED) is 0.776. The zero-order valence-corrected chi connectivity index (χ0v) is 9.69. The molecule has 4 heteroatoms. The molecule has 86 valence electrons. The molecule has 2 fully saturated rings. The minimum Gasteiger partial charge on any atom is -0.312 e. The summed E-state index contributed by atoms with van der Waals surface area (Å²) in [4.78, 5) is 0. The molecule has 0 radical (unpaired) electrons. The van der Waals surface area contributed by atoms with Gasteiger partial charge in [0.2, 0.25) is 0 Å². The third-order valence-corrected chi connectivity index (χ3v) is 4.59. The Morgan fingerprint density at radius 2 is 1.88 bits per heavy atom. The summed E-state index contributed by atoms with van der Waals surface area (Å²) in [6, 6.07) is 0.367. The Labute approximate surface area is 95.4 Å². The fraction of sp³-hybridized carbons (Fsp3) is 0.833. The van der Waals surface area contributed by atoms with Crippen molar-refractivity contribution >= 4 is 0 Å². The van der Waals surface area contributed by atoms with Gasteiger partial charge in [0.25, 0.3) is 0 Å². The fourth-order valence-corrected chi connectivity index (χ4v) is 3.59. The molecule has 1 aromatic rings. The lowest BCUT2D eigenvalue weighted by Gasteiger charge is -2.23. The van der Waals surface area contributed by atoms with E-state index in [1.54, 1.807) is 0 Å². The van der Waals surface area contributed by atoms with E-state index in [2.05, 4.69) is 27.0 Å². The standard InChI is InChI=1S/C12H18N4/c1-7-11-14-15-12(16(11)3-2-13-7)10-5-8-4-9(8)6-10/h7-10,13H,2-6H2,1H3. The van der Waals surface area contributed by atoms with Crippen molar-refractivity contribution in [3.8, 4) is 0 Å². The predicted molar refractivity (Wildman–Crippen MR) is 60.0 cm³/mol. The van der Waals surface area contributed by atoms with E-state index < -0.39 is 0 Å². The van der Waals surface area contributed by atoms with E-state index in [9.17, 15) is 0 Å². The highest BCUT2D eigenvalue weighted by Gasteiger charge is 2.47. The van der Waals surface area contributed by atoms with E-state index in [-0.39, 0.29) is 0 Å². The molecule has 4 nitrogen and oxygen atoms in total. The van der Waals surface area contributed by atoms with Crippen LogP contribution in [0.25, 0.3) is 0 Å². The number of hydrogen-bond donors (Lipinski definition) is 1. The molecular weight excluding hydrogens is 200 g/mol. The van der Waals surface area contributed by atoms with Gasteiger partial charge in [-0.3, -0.25) is 0 Å². The first kappa shape index (κ1) is 9.16. The molecule has 3 unspecified atom stereocenters. The number of aromatic nitrogens is 3. The van der Waals surface area contributed by atoms with Crippen LogP contribution < -0.4 is 5.32 Å². The second-order valence-electron chi connectivity index (χ2n) is 5.67. The maximum atomic E-state index is 4.46. The summed E-state index contributed by atoms with van der Waals surface area (Å²) in [5, 5.41) is 12.3. The smallest absolute Gasteiger partial charge is 0.149 e. The van der Waals surface area contributed by atoms with Crippen molar-refractivity contribution in [1.29, 1.82) is 0 Å². The summed E-state index contributed by atoms with van der Waals surface area (Å²) in [6.45, 7) is 4.28. The molecule has 2 aliphatic carbocycles. The second-order valence-corrected chi connectivity index (χ2v) is 5.67. The number of nitrogens with zero attached hydrogens (tertiary/aromatic N) is 3. The van der Waals surface area contributed by atoms with Gasteiger partial charge in [0, 0.05) is 19.0 Å². The van der Waals surface area contributed by atoms with Crippen LogP contribution >= 0.6 is 0 Å². The van der Waals surface area contributed by atoms with Gasteiger partial charge in [-0.2, -0.15) is 0 Å². The molecule has 2 saturated carbocycles. The molecule has 0 saturated heterocycles. The molecule has 1 aromatic heterocycles. The van der Waals surface area contributed by atoms with Gasteiger partial charge >= 0.3 is 0 Å². The zero-order valence-electron chi connectivity index (χ0n) is 9.69. The van der Waals surface area contributed by atoms with E-state index in [0.717, 1.165) is 30.7 Å². The lowest BCUT2D eigenvalue weighted by atomic mass is 10.0. The van der Waals surface area contributed by atoms with Gasteiger partial charge in [-0.05, 0) is 38.0 Å². The molecule has 3 aliphatic rings. The van der Waals surface area contributed by atoms with Crippen molar-refractivity contribution < 1.29 is 0 Å². The first-order valence-corrected chi connectivity index (χ1v) is 6.49.